The van der Waals surface area contributed by atoms with E-state index in [9.17, 15) is 19.2 Å². The summed E-state index contributed by atoms with van der Waals surface area (Å²) in [5, 5.41) is 20.6. The number of pyridine rings is 3. The van der Waals surface area contributed by atoms with E-state index in [4.69, 9.17) is 4.98 Å². The van der Waals surface area contributed by atoms with Gasteiger partial charge in [-0.1, -0.05) is 26.5 Å². The molecule has 0 spiro atoms. The molecule has 1 saturated heterocycles. The molecule has 2 N–H and O–H groups in total. The highest BCUT2D eigenvalue weighted by atomic mass is 19.1. The molecule has 1 aromatic carbocycles. The minimum atomic E-state index is -1.15. The minimum Gasteiger partial charge on any atom is -0.351 e. The summed E-state index contributed by atoms with van der Waals surface area (Å²) in [6.07, 6.45) is 3.41. The molecule has 2 amide bonds. The van der Waals surface area contributed by atoms with Gasteiger partial charge < -0.3 is 15.1 Å². The van der Waals surface area contributed by atoms with E-state index in [1.165, 1.54) is 15.5 Å². The number of hydrogen-bond acceptors (Lipinski definition) is 8. The second-order valence-corrected chi connectivity index (χ2v) is 14.4. The highest BCUT2D eigenvalue weighted by Crippen LogP contribution is 2.41. The van der Waals surface area contributed by atoms with Gasteiger partial charge in [-0.3, -0.25) is 29.0 Å². The molecule has 0 aliphatic carbocycles. The number of carbonyl (C=O) groups is 2. The van der Waals surface area contributed by atoms with Crippen molar-refractivity contribution in [1.82, 2.24) is 39.8 Å². The van der Waals surface area contributed by atoms with Gasteiger partial charge in [-0.15, -0.1) is 0 Å². The fraction of sp³-hybridized carbons (Fsp3) is 0.375. The van der Waals surface area contributed by atoms with Gasteiger partial charge in [-0.25, -0.2) is 13.8 Å². The van der Waals surface area contributed by atoms with Crippen LogP contribution in [0.25, 0.3) is 38.9 Å². The van der Waals surface area contributed by atoms with Crippen molar-refractivity contribution >= 4 is 33.8 Å². The number of H-pyrrole nitrogens is 1. The molecule has 1 unspecified atom stereocenters. The number of nitrogens with zero attached hydrogens (tertiary/aromatic N) is 7. The molecule has 0 saturated carbocycles. The number of halogens is 2. The third-order valence-electron chi connectivity index (χ3n) is 10.2. The molecular formula is C40H43F2N9O3. The Kier molecular flexibility index (Phi) is 10.7. The molecule has 5 aromatic rings. The molecule has 54 heavy (non-hydrogen) atoms. The van der Waals surface area contributed by atoms with Crippen molar-refractivity contribution < 1.29 is 18.4 Å². The molecule has 1 fully saturated rings. The first-order valence-electron chi connectivity index (χ1n) is 17.9. The van der Waals surface area contributed by atoms with Gasteiger partial charge in [0.15, 0.2) is 5.83 Å². The molecule has 6 rings (SSSR count). The lowest BCUT2D eigenvalue weighted by molar-refractivity contribution is -0.132. The van der Waals surface area contributed by atoms with Crippen LogP contribution in [0, 0.1) is 31.0 Å². The van der Waals surface area contributed by atoms with Crippen LogP contribution in [0.3, 0.4) is 0 Å². The zero-order valence-electron chi connectivity index (χ0n) is 31.3. The maximum atomic E-state index is 16.9. The summed E-state index contributed by atoms with van der Waals surface area (Å²) < 4.78 is 32.4. The Balaban J connectivity index is 1.73. The Hall–Kier alpha value is -5.81. The number of rotatable bonds is 10. The molecule has 14 heteroatoms. The van der Waals surface area contributed by atoms with Crippen LogP contribution in [0.15, 0.2) is 53.9 Å². The molecule has 1 aliphatic heterocycles. The van der Waals surface area contributed by atoms with E-state index >= 15 is 9.18 Å². The lowest BCUT2D eigenvalue weighted by atomic mass is 9.80. The average Bonchev–Trinajstić information content (AvgIpc) is 3.60. The number of hydrogen-bond donors (Lipinski definition) is 2. The van der Waals surface area contributed by atoms with Crippen LogP contribution in [0.1, 0.15) is 77.7 Å². The first kappa shape index (κ1) is 37.9. The number of nitriles is 1. The number of likely N-dealkylation sites (tertiary alicyclic amines) is 1. The molecule has 12 nitrogen and oxygen atoms in total. The number of aryl methyl sites for hydroxylation is 2. The molecule has 0 radical (unpaired) electrons. The standard InChI is InChI=1S/C40H43F2N9O3/c1-21(2)34-36(23(4)11-14-44-34)51-37-27(19-29(42)35(47-37)31-22(3)8-9-30-28(31)20-46-48-30)32(33(40(51)54)38(52)45-15-17-49(6)7)25-12-16-50(39(53)24(5)41)26(18-25)10-13-43/h8-9,11,14,19-21,25-26H,5,10,12,15-18H2,1-4,6-7H3,(H,45,52)(H,46,48)/t25?,26-/m0/s1. The number of carbonyl (C=O) groups excluding carboxylic acids is 2. The normalized spacial score (nSPS) is 16.0. The first-order chi connectivity index (χ1) is 25.7. The fourth-order valence-corrected chi connectivity index (χ4v) is 7.57. The quantitative estimate of drug-likeness (QED) is 0.167. The van der Waals surface area contributed by atoms with E-state index in [0.29, 0.717) is 40.0 Å². The predicted molar refractivity (Wildman–Crippen MR) is 203 cm³/mol. The third kappa shape index (κ3) is 6.87. The van der Waals surface area contributed by atoms with Crippen LogP contribution in [0.4, 0.5) is 8.78 Å². The lowest BCUT2D eigenvalue weighted by Crippen LogP contribution is -2.46. The average molecular weight is 736 g/mol. The van der Waals surface area contributed by atoms with Crippen molar-refractivity contribution in [3.05, 3.63) is 93.2 Å². The summed E-state index contributed by atoms with van der Waals surface area (Å²) in [4.78, 5) is 55.3. The predicted octanol–water partition coefficient (Wildman–Crippen LogP) is 5.97. The topological polar surface area (TPSA) is 153 Å². The summed E-state index contributed by atoms with van der Waals surface area (Å²) in [5.74, 6) is -4.20. The van der Waals surface area contributed by atoms with Gasteiger partial charge in [0.05, 0.1) is 35.6 Å². The minimum absolute atomic E-state index is 0.00819. The van der Waals surface area contributed by atoms with Crippen molar-refractivity contribution in [1.29, 1.82) is 5.26 Å². The molecular weight excluding hydrogens is 692 g/mol. The Morgan fingerprint density at radius 3 is 2.63 bits per heavy atom. The van der Waals surface area contributed by atoms with E-state index in [0.717, 1.165) is 5.56 Å². The maximum Gasteiger partial charge on any atom is 0.282 e. The molecule has 0 bridgehead atoms. The van der Waals surface area contributed by atoms with Gasteiger partial charge in [0.2, 0.25) is 0 Å². The number of aromatic amines is 1. The molecule has 280 valence electrons. The van der Waals surface area contributed by atoms with Gasteiger partial charge in [-0.2, -0.15) is 10.4 Å². The third-order valence-corrected chi connectivity index (χ3v) is 10.2. The molecule has 5 heterocycles. The van der Waals surface area contributed by atoms with Crippen molar-refractivity contribution in [2.24, 2.45) is 0 Å². The Morgan fingerprint density at radius 2 is 1.94 bits per heavy atom. The van der Waals surface area contributed by atoms with E-state index in [2.05, 4.69) is 33.1 Å². The van der Waals surface area contributed by atoms with Crippen molar-refractivity contribution in [2.45, 2.75) is 64.8 Å². The monoisotopic (exact) mass is 735 g/mol. The Labute approximate surface area is 311 Å². The molecule has 4 aromatic heterocycles. The molecule has 2 atom stereocenters. The number of benzene rings is 1. The number of fused-ring (bicyclic) bond motifs is 2. The van der Waals surface area contributed by atoms with Crippen molar-refractivity contribution in [3.8, 4) is 23.0 Å². The van der Waals surface area contributed by atoms with Gasteiger partial charge >= 0.3 is 0 Å². The van der Waals surface area contributed by atoms with E-state index in [1.807, 2.05) is 58.8 Å². The van der Waals surface area contributed by atoms with Crippen LogP contribution < -0.4 is 10.9 Å². The highest BCUT2D eigenvalue weighted by molar-refractivity contribution is 6.02. The van der Waals surface area contributed by atoms with Gasteiger partial charge in [0, 0.05) is 48.2 Å². The summed E-state index contributed by atoms with van der Waals surface area (Å²) >= 11 is 0. The number of likely N-dealkylation sites (N-methyl/N-ethyl adjacent to an activating group) is 1. The Morgan fingerprint density at radius 1 is 1.19 bits per heavy atom. The highest BCUT2D eigenvalue weighted by Gasteiger charge is 2.38. The lowest BCUT2D eigenvalue weighted by Gasteiger charge is -2.39. The van der Waals surface area contributed by atoms with Crippen LogP contribution in [0.5, 0.6) is 0 Å². The summed E-state index contributed by atoms with van der Waals surface area (Å²) in [6.45, 7) is 11.4. The smallest absolute Gasteiger partial charge is 0.282 e. The van der Waals surface area contributed by atoms with Crippen LogP contribution in [0.2, 0.25) is 0 Å². The van der Waals surface area contributed by atoms with Crippen LogP contribution >= 0.6 is 0 Å². The molecule has 1 aliphatic rings. The van der Waals surface area contributed by atoms with Gasteiger partial charge in [0.1, 0.15) is 22.7 Å². The van der Waals surface area contributed by atoms with Crippen molar-refractivity contribution in [3.63, 3.8) is 0 Å². The van der Waals surface area contributed by atoms with E-state index < -0.39 is 41.0 Å². The number of nitrogens with one attached hydrogen (secondary N) is 2. The van der Waals surface area contributed by atoms with Crippen LogP contribution in [-0.4, -0.2) is 86.1 Å². The zero-order valence-corrected chi connectivity index (χ0v) is 31.3. The SMILES string of the molecule is C=C(F)C(=O)N1CCC(c2c(C(=O)NCCN(C)C)c(=O)n(-c3c(C)ccnc3C(C)C)c3nc(-c4c(C)ccc5[nH]ncc45)c(F)cc23)C[C@@H]1CC#N. The van der Waals surface area contributed by atoms with Gasteiger partial charge in [0.25, 0.3) is 17.4 Å². The van der Waals surface area contributed by atoms with Crippen LogP contribution in [-0.2, 0) is 4.79 Å². The Bertz CT molecular complexity index is 2410. The number of piperidine rings is 1. The number of aromatic nitrogens is 5. The first-order valence-corrected chi connectivity index (χ1v) is 17.9. The van der Waals surface area contributed by atoms with Crippen molar-refractivity contribution in [2.75, 3.05) is 33.7 Å². The number of amides is 2. The summed E-state index contributed by atoms with van der Waals surface area (Å²) in [5.41, 5.74) is 3.09. The van der Waals surface area contributed by atoms with E-state index in [-0.39, 0.29) is 66.1 Å². The largest absolute Gasteiger partial charge is 0.351 e. The van der Waals surface area contributed by atoms with Gasteiger partial charge in [-0.05, 0) is 87.5 Å². The second kappa shape index (κ2) is 15.3. The fourth-order valence-electron chi connectivity index (χ4n) is 7.57. The summed E-state index contributed by atoms with van der Waals surface area (Å²) in [6, 6.07) is 8.08. The zero-order chi connectivity index (χ0) is 39.0. The second-order valence-electron chi connectivity index (χ2n) is 14.4. The van der Waals surface area contributed by atoms with E-state index in [1.54, 1.807) is 18.5 Å². The summed E-state index contributed by atoms with van der Waals surface area (Å²) in [7, 11) is 3.71. The maximum absolute atomic E-state index is 16.9.